The summed E-state index contributed by atoms with van der Waals surface area (Å²) in [6.07, 6.45) is 0. The zero-order valence-corrected chi connectivity index (χ0v) is 9.99. The van der Waals surface area contributed by atoms with Gasteiger partial charge in [-0.05, 0) is 6.92 Å². The second kappa shape index (κ2) is 4.67. The number of aryl methyl sites for hydroxylation is 1. The first kappa shape index (κ1) is 11.2. The number of thioether (sulfide) groups is 1. The number of hydrogen-bond donors (Lipinski definition) is 1. The van der Waals surface area contributed by atoms with Crippen LogP contribution in [-0.2, 0) is 19.3 Å². The van der Waals surface area contributed by atoms with Gasteiger partial charge in [0.15, 0.2) is 5.16 Å². The molecule has 0 aliphatic carbocycles. The largest absolute Gasteiger partial charge is 0.360 e. The molecule has 2 heterocycles. The van der Waals surface area contributed by atoms with E-state index in [2.05, 4.69) is 15.4 Å². The van der Waals surface area contributed by atoms with Crippen LogP contribution < -0.4 is 5.73 Å². The maximum atomic E-state index is 5.51. The summed E-state index contributed by atoms with van der Waals surface area (Å²) in [5.41, 5.74) is 6.40. The molecule has 0 amide bonds. The molecule has 2 rings (SSSR count). The smallest absolute Gasteiger partial charge is 0.191 e. The molecule has 0 radical (unpaired) electrons. The quantitative estimate of drug-likeness (QED) is 0.797. The van der Waals surface area contributed by atoms with Crippen molar-refractivity contribution in [3.63, 3.8) is 0 Å². The summed E-state index contributed by atoms with van der Waals surface area (Å²) in [4.78, 5) is 0. The van der Waals surface area contributed by atoms with E-state index >= 15 is 0 Å². The van der Waals surface area contributed by atoms with Gasteiger partial charge in [-0.1, -0.05) is 16.9 Å². The Labute approximate surface area is 97.2 Å². The predicted octanol–water partition coefficient (Wildman–Crippen LogP) is 0.863. The first-order chi connectivity index (χ1) is 7.70. The molecule has 2 N–H and O–H groups in total. The fourth-order valence-electron chi connectivity index (χ4n) is 1.27. The Bertz CT molecular complexity index is 478. The van der Waals surface area contributed by atoms with E-state index in [1.54, 1.807) is 11.8 Å². The van der Waals surface area contributed by atoms with Crippen LogP contribution in [0.1, 0.15) is 17.3 Å². The van der Waals surface area contributed by atoms with Crippen LogP contribution in [0, 0.1) is 6.92 Å². The molecule has 0 atom stereocenters. The van der Waals surface area contributed by atoms with Gasteiger partial charge in [-0.25, -0.2) is 0 Å². The van der Waals surface area contributed by atoms with E-state index < -0.39 is 0 Å². The van der Waals surface area contributed by atoms with Gasteiger partial charge in [-0.3, -0.25) is 0 Å². The molecule has 2 aromatic rings. The lowest BCUT2D eigenvalue weighted by Crippen LogP contribution is -2.05. The predicted molar refractivity (Wildman–Crippen MR) is 59.7 cm³/mol. The van der Waals surface area contributed by atoms with Gasteiger partial charge in [0.1, 0.15) is 11.6 Å². The highest BCUT2D eigenvalue weighted by Crippen LogP contribution is 2.21. The number of rotatable bonds is 4. The van der Waals surface area contributed by atoms with Crippen LogP contribution in [0.15, 0.2) is 15.7 Å². The van der Waals surface area contributed by atoms with Gasteiger partial charge in [0.25, 0.3) is 0 Å². The summed E-state index contributed by atoms with van der Waals surface area (Å²) in [5.74, 6) is 2.30. The van der Waals surface area contributed by atoms with E-state index in [9.17, 15) is 0 Å². The third-order valence-electron chi connectivity index (χ3n) is 2.13. The number of nitrogens with zero attached hydrogens (tertiary/aromatic N) is 4. The summed E-state index contributed by atoms with van der Waals surface area (Å²) in [6, 6.07) is 1.91. The molecule has 0 saturated carbocycles. The Morgan fingerprint density at radius 3 is 2.88 bits per heavy atom. The molecule has 0 aliphatic heterocycles. The maximum absolute atomic E-state index is 5.51. The molecule has 0 aromatic carbocycles. The van der Waals surface area contributed by atoms with Gasteiger partial charge in [0, 0.05) is 13.1 Å². The molecule has 0 unspecified atom stereocenters. The van der Waals surface area contributed by atoms with Gasteiger partial charge in [-0.2, -0.15) is 0 Å². The lowest BCUT2D eigenvalue weighted by Gasteiger charge is -1.99. The van der Waals surface area contributed by atoms with Crippen molar-refractivity contribution < 1.29 is 4.52 Å². The van der Waals surface area contributed by atoms with Crippen molar-refractivity contribution in [3.8, 4) is 0 Å². The molecule has 0 aliphatic rings. The second-order valence-electron chi connectivity index (χ2n) is 3.39. The van der Waals surface area contributed by atoms with Crippen LogP contribution in [0.25, 0.3) is 0 Å². The van der Waals surface area contributed by atoms with Crippen molar-refractivity contribution in [3.05, 3.63) is 23.3 Å². The molecule has 16 heavy (non-hydrogen) atoms. The summed E-state index contributed by atoms with van der Waals surface area (Å²) in [7, 11) is 1.90. The van der Waals surface area contributed by atoms with Crippen molar-refractivity contribution in [2.24, 2.45) is 12.8 Å². The normalized spacial score (nSPS) is 10.9. The minimum atomic E-state index is 0.394. The fraction of sp³-hybridized carbons (Fsp3) is 0.444. The van der Waals surface area contributed by atoms with Gasteiger partial charge in [0.2, 0.25) is 0 Å². The van der Waals surface area contributed by atoms with E-state index in [1.807, 2.05) is 24.6 Å². The van der Waals surface area contributed by atoms with Gasteiger partial charge < -0.3 is 14.8 Å². The molecule has 86 valence electrons. The standard InChI is InChI=1S/C9H13N5OS/c1-6-3-7(15-13-6)5-16-9-12-11-8(4-10)14(9)2/h3H,4-5,10H2,1-2H3. The van der Waals surface area contributed by atoms with Crippen LogP contribution in [0.3, 0.4) is 0 Å². The zero-order chi connectivity index (χ0) is 11.5. The third kappa shape index (κ3) is 2.25. The molecule has 0 bridgehead atoms. The Balaban J connectivity index is 2.02. The van der Waals surface area contributed by atoms with E-state index in [0.29, 0.717) is 12.3 Å². The van der Waals surface area contributed by atoms with E-state index in [4.69, 9.17) is 10.3 Å². The molecule has 2 aromatic heterocycles. The number of nitrogens with two attached hydrogens (primary N) is 1. The molecule has 7 heteroatoms. The Hall–Kier alpha value is -1.34. The molecule has 0 fully saturated rings. The zero-order valence-electron chi connectivity index (χ0n) is 9.17. The lowest BCUT2D eigenvalue weighted by molar-refractivity contribution is 0.391. The van der Waals surface area contributed by atoms with Crippen LogP contribution in [0.2, 0.25) is 0 Å². The first-order valence-corrected chi connectivity index (χ1v) is 5.82. The van der Waals surface area contributed by atoms with Gasteiger partial charge in [-0.15, -0.1) is 10.2 Å². The maximum Gasteiger partial charge on any atom is 0.191 e. The van der Waals surface area contributed by atoms with Gasteiger partial charge in [0.05, 0.1) is 18.0 Å². The average molecular weight is 239 g/mol. The molecule has 6 nitrogen and oxygen atoms in total. The average Bonchev–Trinajstić information content (AvgIpc) is 2.83. The highest BCUT2D eigenvalue weighted by molar-refractivity contribution is 7.98. The first-order valence-electron chi connectivity index (χ1n) is 4.84. The summed E-state index contributed by atoms with van der Waals surface area (Å²) >= 11 is 1.55. The Morgan fingerprint density at radius 1 is 1.50 bits per heavy atom. The van der Waals surface area contributed by atoms with Crippen molar-refractivity contribution >= 4 is 11.8 Å². The topological polar surface area (TPSA) is 82.8 Å². The highest BCUT2D eigenvalue weighted by atomic mass is 32.2. The van der Waals surface area contributed by atoms with E-state index in [0.717, 1.165) is 22.4 Å². The molecule has 0 spiro atoms. The monoisotopic (exact) mass is 239 g/mol. The van der Waals surface area contributed by atoms with E-state index in [1.165, 1.54) is 0 Å². The van der Waals surface area contributed by atoms with E-state index in [-0.39, 0.29) is 0 Å². The molecule has 0 saturated heterocycles. The Morgan fingerprint density at radius 2 is 2.31 bits per heavy atom. The van der Waals surface area contributed by atoms with Gasteiger partial charge >= 0.3 is 0 Å². The SMILES string of the molecule is Cc1cc(CSc2nnc(CN)n2C)on1. The van der Waals surface area contributed by atoms with Crippen molar-refractivity contribution in [2.45, 2.75) is 24.4 Å². The van der Waals surface area contributed by atoms with Crippen LogP contribution in [0.4, 0.5) is 0 Å². The van der Waals surface area contributed by atoms with Crippen molar-refractivity contribution in [1.82, 2.24) is 19.9 Å². The summed E-state index contributed by atoms with van der Waals surface area (Å²) in [6.45, 7) is 2.29. The van der Waals surface area contributed by atoms with Crippen LogP contribution in [0.5, 0.6) is 0 Å². The highest BCUT2D eigenvalue weighted by Gasteiger charge is 2.09. The van der Waals surface area contributed by atoms with Crippen LogP contribution >= 0.6 is 11.8 Å². The minimum absolute atomic E-state index is 0.394. The van der Waals surface area contributed by atoms with Crippen LogP contribution in [-0.4, -0.2) is 19.9 Å². The minimum Gasteiger partial charge on any atom is -0.360 e. The number of hydrogen-bond acceptors (Lipinski definition) is 6. The molecular weight excluding hydrogens is 226 g/mol. The summed E-state index contributed by atoms with van der Waals surface area (Å²) < 4.78 is 6.99. The second-order valence-corrected chi connectivity index (χ2v) is 4.33. The fourth-order valence-corrected chi connectivity index (χ4v) is 2.07. The lowest BCUT2D eigenvalue weighted by atomic mass is 10.4. The summed E-state index contributed by atoms with van der Waals surface area (Å²) in [5, 5.41) is 12.7. The molecular formula is C9H13N5OS. The third-order valence-corrected chi connectivity index (χ3v) is 3.17. The number of aromatic nitrogens is 4. The van der Waals surface area contributed by atoms with Crippen molar-refractivity contribution in [1.29, 1.82) is 0 Å². The van der Waals surface area contributed by atoms with Crippen molar-refractivity contribution in [2.75, 3.05) is 0 Å². The Kier molecular flexibility index (Phi) is 3.25.